The first-order valence-electron chi connectivity index (χ1n) is 12.2. The monoisotopic (exact) mass is 488 g/mol. The van der Waals surface area contributed by atoms with Gasteiger partial charge in [0, 0.05) is 45.0 Å². The predicted molar refractivity (Wildman–Crippen MR) is 143 cm³/mol. The molecule has 1 aromatic carbocycles. The number of amides is 1. The SMILES string of the molecule is CC(=O)c1c(CN(C=O)C2CC2)ccc2c1C=CCC=C2.CC1CNCCO1.COCCCP. The minimum atomic E-state index is 0.0587. The molecule has 2 fully saturated rings. The van der Waals surface area contributed by atoms with Crippen molar-refractivity contribution in [2.24, 2.45) is 0 Å². The molecule has 2 aliphatic carbocycles. The molecule has 0 spiro atoms. The van der Waals surface area contributed by atoms with Gasteiger partial charge in [-0.25, -0.2) is 0 Å². The number of methoxy groups -OCH3 is 1. The van der Waals surface area contributed by atoms with Crippen LogP contribution >= 0.6 is 9.24 Å². The second kappa shape index (κ2) is 15.9. The predicted octanol–water partition coefficient (Wildman–Crippen LogP) is 4.33. The fourth-order valence-corrected chi connectivity index (χ4v) is 3.96. The highest BCUT2D eigenvalue weighted by Gasteiger charge is 2.29. The van der Waals surface area contributed by atoms with E-state index >= 15 is 0 Å². The molecule has 6 nitrogen and oxygen atoms in total. The van der Waals surface area contributed by atoms with Crippen molar-refractivity contribution < 1.29 is 19.1 Å². The van der Waals surface area contributed by atoms with Gasteiger partial charge >= 0.3 is 0 Å². The molecule has 4 rings (SSSR count). The van der Waals surface area contributed by atoms with Crippen LogP contribution in [0.2, 0.25) is 0 Å². The van der Waals surface area contributed by atoms with E-state index in [0.717, 1.165) is 86.8 Å². The summed E-state index contributed by atoms with van der Waals surface area (Å²) in [4.78, 5) is 25.2. The number of Topliss-reactive ketones (excluding diaryl/α,β-unsaturated/α-hetero) is 1. The van der Waals surface area contributed by atoms with Gasteiger partial charge in [0.15, 0.2) is 5.78 Å². The lowest BCUT2D eigenvalue weighted by Gasteiger charge is -2.20. The van der Waals surface area contributed by atoms with Gasteiger partial charge in [-0.1, -0.05) is 36.4 Å². The highest BCUT2D eigenvalue weighted by molar-refractivity contribution is 7.16. The van der Waals surface area contributed by atoms with Crippen molar-refractivity contribution in [2.45, 2.75) is 58.2 Å². The summed E-state index contributed by atoms with van der Waals surface area (Å²) in [5.74, 6) is 0.0587. The van der Waals surface area contributed by atoms with Gasteiger partial charge in [-0.2, -0.15) is 0 Å². The van der Waals surface area contributed by atoms with Gasteiger partial charge in [0.05, 0.1) is 12.7 Å². The summed E-state index contributed by atoms with van der Waals surface area (Å²) in [6.45, 7) is 8.00. The van der Waals surface area contributed by atoms with Crippen molar-refractivity contribution in [3.8, 4) is 0 Å². The Kier molecular flexibility index (Phi) is 13.3. The number of nitrogens with one attached hydrogen (secondary N) is 1. The van der Waals surface area contributed by atoms with Crippen LogP contribution in [-0.2, 0) is 20.8 Å². The van der Waals surface area contributed by atoms with E-state index in [4.69, 9.17) is 9.47 Å². The Balaban J connectivity index is 0.000000257. The van der Waals surface area contributed by atoms with Crippen LogP contribution in [0.25, 0.3) is 12.2 Å². The Morgan fingerprint density at radius 3 is 2.56 bits per heavy atom. The van der Waals surface area contributed by atoms with Gasteiger partial charge in [0.1, 0.15) is 0 Å². The number of morpholine rings is 1. The zero-order chi connectivity index (χ0) is 24.8. The van der Waals surface area contributed by atoms with Gasteiger partial charge in [0.2, 0.25) is 6.41 Å². The molecule has 2 unspecified atom stereocenters. The van der Waals surface area contributed by atoms with E-state index in [-0.39, 0.29) is 5.78 Å². The lowest BCUT2D eigenvalue weighted by Crippen LogP contribution is -2.36. The molecule has 1 aliphatic heterocycles. The smallest absolute Gasteiger partial charge is 0.210 e. The van der Waals surface area contributed by atoms with Gasteiger partial charge in [-0.15, -0.1) is 9.24 Å². The molecular weight excluding hydrogens is 447 g/mol. The van der Waals surface area contributed by atoms with E-state index in [2.05, 4.69) is 39.7 Å². The minimum absolute atomic E-state index is 0.0587. The maximum Gasteiger partial charge on any atom is 0.210 e. The summed E-state index contributed by atoms with van der Waals surface area (Å²) in [6.07, 6.45) is 14.9. The van der Waals surface area contributed by atoms with Crippen LogP contribution < -0.4 is 5.32 Å². The molecule has 1 amide bonds. The quantitative estimate of drug-likeness (QED) is 0.255. The molecule has 1 heterocycles. The van der Waals surface area contributed by atoms with E-state index in [1.807, 2.05) is 23.1 Å². The van der Waals surface area contributed by atoms with Gasteiger partial charge in [-0.05, 0) is 62.4 Å². The zero-order valence-electron chi connectivity index (χ0n) is 20.9. The number of hydrogen-bond donors (Lipinski definition) is 1. The Labute approximate surface area is 207 Å². The van der Waals surface area contributed by atoms with Crippen LogP contribution in [0.4, 0.5) is 0 Å². The maximum absolute atomic E-state index is 12.1. The maximum atomic E-state index is 12.1. The average molecular weight is 489 g/mol. The molecule has 1 saturated heterocycles. The molecule has 0 aromatic heterocycles. The first-order valence-corrected chi connectivity index (χ1v) is 13.1. The second-order valence-corrected chi connectivity index (χ2v) is 9.31. The third-order valence-corrected chi connectivity index (χ3v) is 6.15. The number of hydrogen-bond acceptors (Lipinski definition) is 5. The molecule has 1 saturated carbocycles. The van der Waals surface area contributed by atoms with E-state index < -0.39 is 0 Å². The molecule has 1 N–H and O–H groups in total. The Morgan fingerprint density at radius 1 is 1.29 bits per heavy atom. The number of nitrogens with zero attached hydrogens (tertiary/aromatic N) is 1. The summed E-state index contributed by atoms with van der Waals surface area (Å²) < 4.78 is 9.98. The topological polar surface area (TPSA) is 67.9 Å². The number of rotatable bonds is 8. The summed E-state index contributed by atoms with van der Waals surface area (Å²) in [7, 11) is 4.37. The lowest BCUT2D eigenvalue weighted by atomic mass is 9.93. The number of fused-ring (bicyclic) bond motifs is 1. The van der Waals surface area contributed by atoms with Crippen molar-refractivity contribution >= 4 is 33.6 Å². The molecule has 3 aliphatic rings. The van der Waals surface area contributed by atoms with Crippen molar-refractivity contribution in [1.29, 1.82) is 0 Å². The molecule has 34 heavy (non-hydrogen) atoms. The minimum Gasteiger partial charge on any atom is -0.385 e. The number of carbonyl (C=O) groups excluding carboxylic acids is 2. The number of ether oxygens (including phenoxy) is 2. The summed E-state index contributed by atoms with van der Waals surface area (Å²) in [5, 5.41) is 3.21. The molecule has 188 valence electrons. The fourth-order valence-electron chi connectivity index (χ4n) is 3.79. The Morgan fingerprint density at radius 2 is 2.06 bits per heavy atom. The Hall–Kier alpha value is -1.85. The van der Waals surface area contributed by atoms with E-state index in [1.54, 1.807) is 14.0 Å². The van der Waals surface area contributed by atoms with Crippen LogP contribution in [0.15, 0.2) is 24.3 Å². The fraction of sp³-hybridized carbons (Fsp3) is 0.556. The molecule has 7 heteroatoms. The molecule has 2 atom stereocenters. The Bertz CT molecular complexity index is 826. The number of ketones is 1. The van der Waals surface area contributed by atoms with Gasteiger partial charge in [0.25, 0.3) is 0 Å². The average Bonchev–Trinajstić information content (AvgIpc) is 3.69. The third kappa shape index (κ3) is 9.79. The molecular formula is C27H41N2O4P. The van der Waals surface area contributed by atoms with E-state index in [1.165, 1.54) is 0 Å². The van der Waals surface area contributed by atoms with Crippen LogP contribution in [0, 0.1) is 0 Å². The van der Waals surface area contributed by atoms with Crippen molar-refractivity contribution in [1.82, 2.24) is 10.2 Å². The molecule has 1 aromatic rings. The van der Waals surface area contributed by atoms with Crippen molar-refractivity contribution in [3.05, 3.63) is 46.5 Å². The van der Waals surface area contributed by atoms with E-state index in [0.29, 0.717) is 18.7 Å². The highest BCUT2D eigenvalue weighted by Crippen LogP contribution is 2.30. The van der Waals surface area contributed by atoms with Crippen molar-refractivity contribution in [2.75, 3.05) is 39.6 Å². The van der Waals surface area contributed by atoms with Crippen LogP contribution in [0.3, 0.4) is 0 Å². The summed E-state index contributed by atoms with van der Waals surface area (Å²) >= 11 is 0. The first-order chi connectivity index (χ1) is 16.5. The van der Waals surface area contributed by atoms with E-state index in [9.17, 15) is 9.59 Å². The number of allylic oxidation sites excluding steroid dienone is 2. The first kappa shape index (κ1) is 28.4. The largest absolute Gasteiger partial charge is 0.385 e. The normalized spacial score (nSPS) is 18.4. The second-order valence-electron chi connectivity index (χ2n) is 8.73. The summed E-state index contributed by atoms with van der Waals surface area (Å²) in [5.41, 5.74) is 3.75. The van der Waals surface area contributed by atoms with Crippen LogP contribution in [0.1, 0.15) is 66.6 Å². The number of benzene rings is 1. The molecule has 0 bridgehead atoms. The van der Waals surface area contributed by atoms with Crippen LogP contribution in [-0.4, -0.2) is 68.8 Å². The number of carbonyl (C=O) groups is 2. The van der Waals surface area contributed by atoms with Gasteiger partial charge < -0.3 is 19.7 Å². The zero-order valence-corrected chi connectivity index (χ0v) is 22.1. The lowest BCUT2D eigenvalue weighted by molar-refractivity contribution is -0.119. The third-order valence-electron chi connectivity index (χ3n) is 5.74. The summed E-state index contributed by atoms with van der Waals surface area (Å²) in [6, 6.07) is 4.38. The highest BCUT2D eigenvalue weighted by atomic mass is 31.0. The van der Waals surface area contributed by atoms with Crippen LogP contribution in [0.5, 0.6) is 0 Å². The molecule has 0 radical (unpaired) electrons. The standard InChI is InChI=1S/C18H19NO2.C5H11NO.C4H11OP/c1-13(21)18-15(11-19(12-20)16-9-10-16)8-7-14-5-3-2-4-6-17(14)18;1-5-4-6-2-3-7-5;1-5-3-2-4-6/h3-8,12,16H,2,9-11H2,1H3;5-6H,2-4H2,1H3;2-4,6H2,1H3. The van der Waals surface area contributed by atoms with Crippen molar-refractivity contribution in [3.63, 3.8) is 0 Å². The van der Waals surface area contributed by atoms with Gasteiger partial charge in [-0.3, -0.25) is 9.59 Å².